The number of ether oxygens (including phenoxy) is 1. The Kier molecular flexibility index (Phi) is 6.06. The highest BCUT2D eigenvalue weighted by Crippen LogP contribution is 1.92. The first kappa shape index (κ1) is 11.7. The van der Waals surface area contributed by atoms with Crippen LogP contribution in [0.25, 0.3) is 0 Å². The highest BCUT2D eigenvalue weighted by molar-refractivity contribution is 5.85. The molecule has 0 spiro atoms. The highest BCUT2D eigenvalue weighted by atomic mass is 35.5. The maximum Gasteiger partial charge on any atom is 0.236 e. The number of amides is 1. The lowest BCUT2D eigenvalue weighted by Crippen LogP contribution is -2.48. The van der Waals surface area contributed by atoms with Crippen LogP contribution < -0.4 is 5.32 Å². The van der Waals surface area contributed by atoms with Crippen LogP contribution in [-0.4, -0.2) is 50.7 Å². The molecule has 0 radical (unpaired) electrons. The van der Waals surface area contributed by atoms with Crippen LogP contribution in [0.1, 0.15) is 0 Å². The van der Waals surface area contributed by atoms with Crippen molar-refractivity contribution >= 4 is 18.3 Å². The Hall–Kier alpha value is -0.320. The van der Waals surface area contributed by atoms with Crippen molar-refractivity contribution in [3.8, 4) is 0 Å². The molecule has 1 saturated heterocycles. The van der Waals surface area contributed by atoms with Gasteiger partial charge < -0.3 is 15.0 Å². The predicted octanol–water partition coefficient (Wildman–Crippen LogP) is -0.514. The van der Waals surface area contributed by atoms with Crippen LogP contribution in [0.15, 0.2) is 0 Å². The minimum Gasteiger partial charge on any atom is -0.383 e. The lowest BCUT2D eigenvalue weighted by molar-refractivity contribution is -0.132. The summed E-state index contributed by atoms with van der Waals surface area (Å²) in [7, 11) is 1.65. The van der Waals surface area contributed by atoms with Gasteiger partial charge in [-0.05, 0) is 0 Å². The molecule has 1 N–H and O–H groups in total. The molecule has 0 aliphatic carbocycles. The van der Waals surface area contributed by atoms with Crippen molar-refractivity contribution < 1.29 is 9.53 Å². The van der Waals surface area contributed by atoms with Gasteiger partial charge in [0, 0.05) is 26.7 Å². The summed E-state index contributed by atoms with van der Waals surface area (Å²) in [5.74, 6) is 0.174. The van der Waals surface area contributed by atoms with E-state index in [2.05, 4.69) is 5.32 Å². The van der Waals surface area contributed by atoms with E-state index in [0.717, 1.165) is 19.6 Å². The molecule has 0 aromatic carbocycles. The molecule has 4 nitrogen and oxygen atoms in total. The number of halogens is 1. The zero-order chi connectivity index (χ0) is 8.10. The topological polar surface area (TPSA) is 41.6 Å². The minimum atomic E-state index is 0. The maximum atomic E-state index is 11.1. The van der Waals surface area contributed by atoms with Crippen LogP contribution in [-0.2, 0) is 9.53 Å². The van der Waals surface area contributed by atoms with E-state index >= 15 is 0 Å². The van der Waals surface area contributed by atoms with Crippen LogP contribution in [0.2, 0.25) is 0 Å². The number of nitrogens with zero attached hydrogens (tertiary/aromatic N) is 1. The van der Waals surface area contributed by atoms with Gasteiger partial charge in [-0.1, -0.05) is 0 Å². The third kappa shape index (κ3) is 3.38. The number of carbonyl (C=O) groups is 1. The Bertz CT molecular complexity index is 143. The van der Waals surface area contributed by atoms with Crippen LogP contribution >= 0.6 is 12.4 Å². The molecular weight excluding hydrogens is 180 g/mol. The summed E-state index contributed by atoms with van der Waals surface area (Å²) in [4.78, 5) is 12.9. The number of piperazine rings is 1. The van der Waals surface area contributed by atoms with Gasteiger partial charge in [0.25, 0.3) is 0 Å². The molecule has 0 unspecified atom stereocenters. The Morgan fingerprint density at radius 3 is 3.00 bits per heavy atom. The number of methoxy groups -OCH3 is 1. The largest absolute Gasteiger partial charge is 0.383 e. The molecule has 1 aliphatic rings. The first-order chi connectivity index (χ1) is 5.34. The maximum absolute atomic E-state index is 11.1. The normalized spacial score (nSPS) is 17.4. The molecule has 1 amide bonds. The summed E-state index contributed by atoms with van der Waals surface area (Å²) in [5, 5.41) is 3.01. The Labute approximate surface area is 78.7 Å². The summed E-state index contributed by atoms with van der Waals surface area (Å²) < 4.78 is 4.88. The van der Waals surface area contributed by atoms with Crippen LogP contribution in [0.3, 0.4) is 0 Å². The standard InChI is InChI=1S/C7H14N2O2.ClH/c1-11-5-4-9-3-2-8-6-7(9)10;/h8H,2-6H2,1H3;1H. The zero-order valence-electron chi connectivity index (χ0n) is 7.21. The molecule has 0 saturated carbocycles. The van der Waals surface area contributed by atoms with E-state index in [1.807, 2.05) is 4.90 Å². The highest BCUT2D eigenvalue weighted by Gasteiger charge is 2.15. The summed E-state index contributed by atoms with van der Waals surface area (Å²) >= 11 is 0. The zero-order valence-corrected chi connectivity index (χ0v) is 8.02. The summed E-state index contributed by atoms with van der Waals surface area (Å²) in [5.41, 5.74) is 0. The molecule has 72 valence electrons. The SMILES string of the molecule is COCCN1CCNCC1=O.Cl. The molecule has 0 aromatic rings. The number of hydrogen-bond donors (Lipinski definition) is 1. The monoisotopic (exact) mass is 194 g/mol. The van der Waals surface area contributed by atoms with Gasteiger partial charge in [-0.2, -0.15) is 0 Å². The van der Waals surface area contributed by atoms with E-state index in [1.165, 1.54) is 0 Å². The average molecular weight is 195 g/mol. The third-order valence-electron chi connectivity index (χ3n) is 1.75. The Morgan fingerprint density at radius 2 is 2.42 bits per heavy atom. The molecule has 1 fully saturated rings. The number of rotatable bonds is 3. The van der Waals surface area contributed by atoms with Crippen LogP contribution in [0, 0.1) is 0 Å². The van der Waals surface area contributed by atoms with Crippen molar-refractivity contribution in [2.75, 3.05) is 39.9 Å². The van der Waals surface area contributed by atoms with E-state index in [0.29, 0.717) is 13.2 Å². The van der Waals surface area contributed by atoms with E-state index in [-0.39, 0.29) is 18.3 Å². The fourth-order valence-corrected chi connectivity index (χ4v) is 1.08. The van der Waals surface area contributed by atoms with Gasteiger partial charge in [-0.3, -0.25) is 4.79 Å². The van der Waals surface area contributed by atoms with E-state index in [4.69, 9.17) is 4.74 Å². The quantitative estimate of drug-likeness (QED) is 0.658. The summed E-state index contributed by atoms with van der Waals surface area (Å²) in [6, 6.07) is 0. The van der Waals surface area contributed by atoms with Crippen molar-refractivity contribution in [3.05, 3.63) is 0 Å². The predicted molar refractivity (Wildman–Crippen MR) is 48.6 cm³/mol. The first-order valence-corrected chi connectivity index (χ1v) is 3.82. The van der Waals surface area contributed by atoms with E-state index in [9.17, 15) is 4.79 Å². The molecule has 5 heteroatoms. The lowest BCUT2D eigenvalue weighted by Gasteiger charge is -2.26. The van der Waals surface area contributed by atoms with Crippen molar-refractivity contribution in [1.82, 2.24) is 10.2 Å². The van der Waals surface area contributed by atoms with Gasteiger partial charge in [-0.15, -0.1) is 12.4 Å². The van der Waals surface area contributed by atoms with Crippen molar-refractivity contribution in [3.63, 3.8) is 0 Å². The Morgan fingerprint density at radius 1 is 1.67 bits per heavy atom. The van der Waals surface area contributed by atoms with Gasteiger partial charge >= 0.3 is 0 Å². The number of nitrogens with one attached hydrogen (secondary N) is 1. The fourth-order valence-electron chi connectivity index (χ4n) is 1.08. The molecule has 12 heavy (non-hydrogen) atoms. The molecule has 0 aromatic heterocycles. The number of hydrogen-bond acceptors (Lipinski definition) is 3. The first-order valence-electron chi connectivity index (χ1n) is 3.82. The Balaban J connectivity index is 0.00000121. The van der Waals surface area contributed by atoms with Crippen molar-refractivity contribution in [1.29, 1.82) is 0 Å². The second kappa shape index (κ2) is 6.22. The number of carbonyl (C=O) groups excluding carboxylic acids is 1. The second-order valence-electron chi connectivity index (χ2n) is 2.55. The molecule has 0 atom stereocenters. The smallest absolute Gasteiger partial charge is 0.236 e. The van der Waals surface area contributed by atoms with Gasteiger partial charge in [-0.25, -0.2) is 0 Å². The fraction of sp³-hybridized carbons (Fsp3) is 0.857. The van der Waals surface area contributed by atoms with Crippen molar-refractivity contribution in [2.24, 2.45) is 0 Å². The van der Waals surface area contributed by atoms with Crippen molar-refractivity contribution in [2.45, 2.75) is 0 Å². The average Bonchev–Trinajstić information content (AvgIpc) is 2.03. The second-order valence-corrected chi connectivity index (χ2v) is 2.55. The van der Waals surface area contributed by atoms with E-state index in [1.54, 1.807) is 7.11 Å². The van der Waals surface area contributed by atoms with Gasteiger partial charge in [0.15, 0.2) is 0 Å². The van der Waals surface area contributed by atoms with Crippen LogP contribution in [0.4, 0.5) is 0 Å². The third-order valence-corrected chi connectivity index (χ3v) is 1.75. The lowest BCUT2D eigenvalue weighted by atomic mass is 10.3. The van der Waals surface area contributed by atoms with Gasteiger partial charge in [0.05, 0.1) is 13.2 Å². The molecule has 0 bridgehead atoms. The van der Waals surface area contributed by atoms with E-state index < -0.39 is 0 Å². The molecule has 1 heterocycles. The summed E-state index contributed by atoms with van der Waals surface area (Å²) in [6.07, 6.45) is 0. The van der Waals surface area contributed by atoms with Crippen LogP contribution in [0.5, 0.6) is 0 Å². The molecule has 1 aliphatic heterocycles. The molecule has 1 rings (SSSR count). The summed E-state index contributed by atoms with van der Waals surface area (Å²) in [6.45, 7) is 3.53. The molecular formula is C7H15ClN2O2. The van der Waals surface area contributed by atoms with Gasteiger partial charge in [0.2, 0.25) is 5.91 Å². The van der Waals surface area contributed by atoms with Gasteiger partial charge in [0.1, 0.15) is 0 Å². The minimum absolute atomic E-state index is 0.